The van der Waals surface area contributed by atoms with Crippen molar-refractivity contribution in [3.05, 3.63) is 61.6 Å². The number of carbonyl (C=O) groups excluding carboxylic acids is 1. The van der Waals surface area contributed by atoms with Gasteiger partial charge in [0, 0.05) is 16.7 Å². The molecular formula is C12H6BrClFN3O3. The molecule has 21 heavy (non-hydrogen) atoms. The van der Waals surface area contributed by atoms with Gasteiger partial charge in [0.15, 0.2) is 0 Å². The lowest BCUT2D eigenvalue weighted by Crippen LogP contribution is -2.13. The number of nitrogens with zero attached hydrogens (tertiary/aromatic N) is 2. The predicted molar refractivity (Wildman–Crippen MR) is 78.0 cm³/mol. The molecule has 0 saturated heterocycles. The van der Waals surface area contributed by atoms with Gasteiger partial charge in [0.25, 0.3) is 11.6 Å². The van der Waals surface area contributed by atoms with Gasteiger partial charge in [0.05, 0.1) is 22.2 Å². The fraction of sp³-hybridized carbons (Fsp3) is 0. The summed E-state index contributed by atoms with van der Waals surface area (Å²) >= 11 is 8.94. The van der Waals surface area contributed by atoms with Gasteiger partial charge in [-0.05, 0) is 28.1 Å². The molecule has 0 aliphatic carbocycles. The van der Waals surface area contributed by atoms with E-state index in [0.29, 0.717) is 4.47 Å². The summed E-state index contributed by atoms with van der Waals surface area (Å²) in [7, 11) is 0. The van der Waals surface area contributed by atoms with Crippen LogP contribution in [0.1, 0.15) is 10.4 Å². The van der Waals surface area contributed by atoms with Crippen LogP contribution in [0.25, 0.3) is 0 Å². The summed E-state index contributed by atoms with van der Waals surface area (Å²) in [4.78, 5) is 25.7. The molecule has 0 aliphatic heterocycles. The van der Waals surface area contributed by atoms with Crippen molar-refractivity contribution in [3.8, 4) is 0 Å². The molecule has 0 fully saturated rings. The van der Waals surface area contributed by atoms with Crippen LogP contribution in [0.15, 0.2) is 34.9 Å². The van der Waals surface area contributed by atoms with Crippen LogP contribution < -0.4 is 5.32 Å². The standard InChI is InChI=1S/C12H6BrClFN3O3/c13-6-1-10(11(14)16-5-6)12(19)17-8-2-7(15)3-9(4-8)18(20)21/h1-5H,(H,17,19). The number of amides is 1. The molecule has 1 heterocycles. The molecule has 1 aromatic carbocycles. The summed E-state index contributed by atoms with van der Waals surface area (Å²) < 4.78 is 13.8. The van der Waals surface area contributed by atoms with E-state index >= 15 is 0 Å². The largest absolute Gasteiger partial charge is 0.322 e. The van der Waals surface area contributed by atoms with Gasteiger partial charge in [-0.1, -0.05) is 11.6 Å². The van der Waals surface area contributed by atoms with Crippen LogP contribution in [0.4, 0.5) is 15.8 Å². The van der Waals surface area contributed by atoms with E-state index in [1.807, 2.05) is 0 Å². The maximum Gasteiger partial charge on any atom is 0.274 e. The van der Waals surface area contributed by atoms with Gasteiger partial charge in [-0.25, -0.2) is 9.37 Å². The summed E-state index contributed by atoms with van der Waals surface area (Å²) in [5.41, 5.74) is -0.468. The van der Waals surface area contributed by atoms with Gasteiger partial charge in [-0.15, -0.1) is 0 Å². The summed E-state index contributed by atoms with van der Waals surface area (Å²) in [5, 5.41) is 12.9. The zero-order chi connectivity index (χ0) is 15.6. The summed E-state index contributed by atoms with van der Waals surface area (Å²) in [6.07, 6.45) is 1.41. The number of rotatable bonds is 3. The third-order valence-electron chi connectivity index (χ3n) is 2.40. The lowest BCUT2D eigenvalue weighted by atomic mass is 10.2. The normalized spacial score (nSPS) is 10.2. The number of aromatic nitrogens is 1. The predicted octanol–water partition coefficient (Wildman–Crippen LogP) is 3.80. The highest BCUT2D eigenvalue weighted by molar-refractivity contribution is 9.10. The zero-order valence-corrected chi connectivity index (χ0v) is 12.5. The quantitative estimate of drug-likeness (QED) is 0.503. The van der Waals surface area contributed by atoms with Crippen molar-refractivity contribution in [2.45, 2.75) is 0 Å². The molecule has 0 saturated carbocycles. The van der Waals surface area contributed by atoms with Crippen LogP contribution in [0.5, 0.6) is 0 Å². The number of nitrogens with one attached hydrogen (secondary N) is 1. The average molecular weight is 375 g/mol. The molecule has 0 bridgehead atoms. The van der Waals surface area contributed by atoms with Crippen molar-refractivity contribution in [3.63, 3.8) is 0 Å². The second-order valence-electron chi connectivity index (χ2n) is 3.90. The first-order chi connectivity index (χ1) is 9.86. The van der Waals surface area contributed by atoms with Crippen LogP contribution in [-0.4, -0.2) is 15.8 Å². The van der Waals surface area contributed by atoms with E-state index in [1.54, 1.807) is 0 Å². The average Bonchev–Trinajstić information content (AvgIpc) is 2.40. The third-order valence-corrected chi connectivity index (χ3v) is 3.14. The minimum absolute atomic E-state index is 0.0402. The highest BCUT2D eigenvalue weighted by atomic mass is 79.9. The van der Waals surface area contributed by atoms with E-state index in [1.165, 1.54) is 12.3 Å². The van der Waals surface area contributed by atoms with Crippen molar-refractivity contribution in [1.82, 2.24) is 4.98 Å². The van der Waals surface area contributed by atoms with Crippen molar-refractivity contribution >= 4 is 44.8 Å². The Morgan fingerprint density at radius 3 is 2.76 bits per heavy atom. The molecule has 0 aliphatic rings. The van der Waals surface area contributed by atoms with Gasteiger partial charge in [-0.2, -0.15) is 0 Å². The monoisotopic (exact) mass is 373 g/mol. The molecule has 2 aromatic rings. The van der Waals surface area contributed by atoms with Crippen LogP contribution in [0.3, 0.4) is 0 Å². The van der Waals surface area contributed by atoms with E-state index in [2.05, 4.69) is 26.2 Å². The molecule has 2 rings (SSSR count). The van der Waals surface area contributed by atoms with E-state index in [4.69, 9.17) is 11.6 Å². The fourth-order valence-electron chi connectivity index (χ4n) is 1.53. The molecule has 9 heteroatoms. The van der Waals surface area contributed by atoms with Crippen LogP contribution in [0, 0.1) is 15.9 Å². The summed E-state index contributed by atoms with van der Waals surface area (Å²) in [5.74, 6) is -1.49. The Hall–Kier alpha value is -2.06. The number of anilines is 1. The second-order valence-corrected chi connectivity index (χ2v) is 5.17. The van der Waals surface area contributed by atoms with Crippen LogP contribution >= 0.6 is 27.5 Å². The van der Waals surface area contributed by atoms with Gasteiger partial charge in [-0.3, -0.25) is 14.9 Å². The van der Waals surface area contributed by atoms with Crippen LogP contribution in [0.2, 0.25) is 5.15 Å². The molecule has 108 valence electrons. The number of non-ortho nitro benzene ring substituents is 1. The Balaban J connectivity index is 2.31. The molecule has 1 amide bonds. The summed E-state index contributed by atoms with van der Waals surface area (Å²) in [6.45, 7) is 0. The van der Waals surface area contributed by atoms with Crippen molar-refractivity contribution in [2.75, 3.05) is 5.32 Å². The Kier molecular flexibility index (Phi) is 4.49. The zero-order valence-electron chi connectivity index (χ0n) is 10.1. The lowest BCUT2D eigenvalue weighted by Gasteiger charge is -2.07. The Morgan fingerprint density at radius 1 is 1.38 bits per heavy atom. The topological polar surface area (TPSA) is 85.1 Å². The maximum absolute atomic E-state index is 13.3. The number of nitro benzene ring substituents is 1. The highest BCUT2D eigenvalue weighted by Gasteiger charge is 2.15. The van der Waals surface area contributed by atoms with Crippen LogP contribution in [-0.2, 0) is 0 Å². The molecular weight excluding hydrogens is 369 g/mol. The van der Waals surface area contributed by atoms with E-state index in [0.717, 1.165) is 18.2 Å². The van der Waals surface area contributed by atoms with Crippen molar-refractivity contribution in [1.29, 1.82) is 0 Å². The lowest BCUT2D eigenvalue weighted by molar-refractivity contribution is -0.385. The molecule has 0 unspecified atom stereocenters. The number of halogens is 3. The molecule has 1 aromatic heterocycles. The SMILES string of the molecule is O=C(Nc1cc(F)cc([N+](=O)[O-])c1)c1cc(Br)cnc1Cl. The van der Waals surface area contributed by atoms with Crippen molar-refractivity contribution in [2.24, 2.45) is 0 Å². The molecule has 0 radical (unpaired) electrons. The van der Waals surface area contributed by atoms with Gasteiger partial charge < -0.3 is 5.32 Å². The minimum atomic E-state index is -0.835. The second kappa shape index (κ2) is 6.15. The third kappa shape index (κ3) is 3.73. The Labute approximate surface area is 131 Å². The first kappa shape index (κ1) is 15.3. The maximum atomic E-state index is 13.3. The molecule has 0 atom stereocenters. The first-order valence-corrected chi connectivity index (χ1v) is 6.61. The van der Waals surface area contributed by atoms with E-state index < -0.39 is 22.3 Å². The Morgan fingerprint density at radius 2 is 2.10 bits per heavy atom. The number of hydrogen-bond acceptors (Lipinski definition) is 4. The smallest absolute Gasteiger partial charge is 0.274 e. The number of nitro groups is 1. The number of benzene rings is 1. The molecule has 0 spiro atoms. The minimum Gasteiger partial charge on any atom is -0.322 e. The van der Waals surface area contributed by atoms with Gasteiger partial charge >= 0.3 is 0 Å². The number of hydrogen-bond donors (Lipinski definition) is 1. The highest BCUT2D eigenvalue weighted by Crippen LogP contribution is 2.23. The van der Waals surface area contributed by atoms with Crippen molar-refractivity contribution < 1.29 is 14.1 Å². The van der Waals surface area contributed by atoms with E-state index in [9.17, 15) is 19.3 Å². The number of pyridine rings is 1. The van der Waals surface area contributed by atoms with E-state index in [-0.39, 0.29) is 16.4 Å². The van der Waals surface area contributed by atoms with Gasteiger partial charge in [0.1, 0.15) is 11.0 Å². The Bertz CT molecular complexity index is 742. The fourth-order valence-corrected chi connectivity index (χ4v) is 2.05. The molecule has 1 N–H and O–H groups in total. The van der Waals surface area contributed by atoms with Gasteiger partial charge in [0.2, 0.25) is 0 Å². The first-order valence-electron chi connectivity index (χ1n) is 5.44. The number of carbonyl (C=O) groups is 1. The summed E-state index contributed by atoms with van der Waals surface area (Å²) in [6, 6.07) is 4.19. The molecule has 6 nitrogen and oxygen atoms in total.